The van der Waals surface area contributed by atoms with Crippen LogP contribution in [0, 0.1) is 11.8 Å². The molecule has 0 radical (unpaired) electrons. The molecule has 4 heteroatoms. The molecular formula is C15H30N2O2. The fourth-order valence-corrected chi connectivity index (χ4v) is 2.92. The van der Waals surface area contributed by atoms with Gasteiger partial charge in [0.1, 0.15) is 5.54 Å². The fourth-order valence-electron chi connectivity index (χ4n) is 2.92. The SMILES string of the molecule is CCOC(=O)C(C)(CN1CC(C)C(C)C1)NC(C)C. The van der Waals surface area contributed by atoms with E-state index in [0.29, 0.717) is 18.4 Å². The summed E-state index contributed by atoms with van der Waals surface area (Å²) >= 11 is 0. The van der Waals surface area contributed by atoms with Crippen molar-refractivity contribution in [3.05, 3.63) is 0 Å². The number of likely N-dealkylation sites (tertiary alicyclic amines) is 1. The summed E-state index contributed by atoms with van der Waals surface area (Å²) in [6.07, 6.45) is 0. The number of esters is 1. The monoisotopic (exact) mass is 270 g/mol. The van der Waals surface area contributed by atoms with E-state index in [1.807, 2.05) is 13.8 Å². The average molecular weight is 270 g/mol. The lowest BCUT2D eigenvalue weighted by molar-refractivity contribution is -0.151. The molecular weight excluding hydrogens is 240 g/mol. The quantitative estimate of drug-likeness (QED) is 0.749. The van der Waals surface area contributed by atoms with Crippen LogP contribution in [0.1, 0.15) is 41.5 Å². The normalized spacial score (nSPS) is 27.5. The van der Waals surface area contributed by atoms with Crippen LogP contribution >= 0.6 is 0 Å². The Morgan fingerprint density at radius 1 is 1.37 bits per heavy atom. The van der Waals surface area contributed by atoms with Gasteiger partial charge in [0.05, 0.1) is 6.61 Å². The molecule has 0 bridgehead atoms. The lowest BCUT2D eigenvalue weighted by Crippen LogP contribution is -2.59. The zero-order chi connectivity index (χ0) is 14.6. The summed E-state index contributed by atoms with van der Waals surface area (Å²) in [7, 11) is 0. The van der Waals surface area contributed by atoms with Crippen LogP contribution in [0.4, 0.5) is 0 Å². The van der Waals surface area contributed by atoms with Crippen molar-refractivity contribution in [2.24, 2.45) is 11.8 Å². The first kappa shape index (κ1) is 16.4. The molecule has 0 aromatic carbocycles. The minimum Gasteiger partial charge on any atom is -0.465 e. The summed E-state index contributed by atoms with van der Waals surface area (Å²) in [5.41, 5.74) is -0.617. The summed E-state index contributed by atoms with van der Waals surface area (Å²) in [5, 5.41) is 3.38. The zero-order valence-electron chi connectivity index (χ0n) is 13.3. The van der Waals surface area contributed by atoms with Crippen LogP contribution in [-0.2, 0) is 9.53 Å². The fraction of sp³-hybridized carbons (Fsp3) is 0.933. The minimum absolute atomic E-state index is 0.143. The maximum Gasteiger partial charge on any atom is 0.327 e. The third-order valence-electron chi connectivity index (χ3n) is 3.94. The minimum atomic E-state index is -0.617. The maximum atomic E-state index is 12.2. The van der Waals surface area contributed by atoms with Gasteiger partial charge in [0.15, 0.2) is 0 Å². The summed E-state index contributed by atoms with van der Waals surface area (Å²) in [6, 6.07) is 0.256. The molecule has 0 aliphatic carbocycles. The molecule has 1 aliphatic rings. The number of hydrogen-bond donors (Lipinski definition) is 1. The lowest BCUT2D eigenvalue weighted by Gasteiger charge is -2.34. The lowest BCUT2D eigenvalue weighted by atomic mass is 10.0. The summed E-state index contributed by atoms with van der Waals surface area (Å²) in [6.45, 7) is 15.8. The Morgan fingerprint density at radius 3 is 2.32 bits per heavy atom. The second-order valence-corrected chi connectivity index (χ2v) is 6.50. The predicted octanol–water partition coefficient (Wildman–Crippen LogP) is 1.89. The predicted molar refractivity (Wildman–Crippen MR) is 78.1 cm³/mol. The van der Waals surface area contributed by atoms with Crippen LogP contribution in [0.2, 0.25) is 0 Å². The topological polar surface area (TPSA) is 41.6 Å². The van der Waals surface area contributed by atoms with Crippen molar-refractivity contribution in [2.75, 3.05) is 26.2 Å². The van der Waals surface area contributed by atoms with Gasteiger partial charge in [0.25, 0.3) is 0 Å². The van der Waals surface area contributed by atoms with E-state index in [4.69, 9.17) is 4.74 Å². The van der Waals surface area contributed by atoms with Crippen molar-refractivity contribution < 1.29 is 9.53 Å². The number of hydrogen-bond acceptors (Lipinski definition) is 4. The molecule has 1 rings (SSSR count). The van der Waals surface area contributed by atoms with E-state index in [9.17, 15) is 4.79 Å². The average Bonchev–Trinajstić information content (AvgIpc) is 2.56. The first-order valence-electron chi connectivity index (χ1n) is 7.45. The Balaban J connectivity index is 2.71. The Bertz CT molecular complexity index is 297. The van der Waals surface area contributed by atoms with Crippen molar-refractivity contribution in [1.29, 1.82) is 0 Å². The number of nitrogens with zero attached hydrogens (tertiary/aromatic N) is 1. The van der Waals surface area contributed by atoms with Crippen molar-refractivity contribution in [3.63, 3.8) is 0 Å². The molecule has 0 aromatic rings. The van der Waals surface area contributed by atoms with Gasteiger partial charge in [-0.3, -0.25) is 10.1 Å². The van der Waals surface area contributed by atoms with Gasteiger partial charge in [-0.25, -0.2) is 0 Å². The van der Waals surface area contributed by atoms with E-state index < -0.39 is 5.54 Å². The molecule has 3 atom stereocenters. The van der Waals surface area contributed by atoms with Gasteiger partial charge in [-0.2, -0.15) is 0 Å². The van der Waals surface area contributed by atoms with Crippen LogP contribution < -0.4 is 5.32 Å². The van der Waals surface area contributed by atoms with Gasteiger partial charge < -0.3 is 9.64 Å². The number of nitrogens with one attached hydrogen (secondary N) is 1. The highest BCUT2D eigenvalue weighted by molar-refractivity contribution is 5.80. The number of ether oxygens (including phenoxy) is 1. The van der Waals surface area contributed by atoms with E-state index in [0.717, 1.165) is 19.6 Å². The van der Waals surface area contributed by atoms with Crippen molar-refractivity contribution >= 4 is 5.97 Å². The van der Waals surface area contributed by atoms with Gasteiger partial charge in [0.2, 0.25) is 0 Å². The molecule has 19 heavy (non-hydrogen) atoms. The second-order valence-electron chi connectivity index (χ2n) is 6.50. The number of carbonyl (C=O) groups excluding carboxylic acids is 1. The highest BCUT2D eigenvalue weighted by Gasteiger charge is 2.39. The van der Waals surface area contributed by atoms with Crippen LogP contribution in [0.25, 0.3) is 0 Å². The van der Waals surface area contributed by atoms with E-state index in [1.54, 1.807) is 0 Å². The van der Waals surface area contributed by atoms with Gasteiger partial charge in [0, 0.05) is 25.7 Å². The molecule has 3 unspecified atom stereocenters. The third kappa shape index (κ3) is 4.46. The molecule has 1 N–H and O–H groups in total. The van der Waals surface area contributed by atoms with Crippen molar-refractivity contribution in [3.8, 4) is 0 Å². The Labute approximate surface area is 117 Å². The van der Waals surface area contributed by atoms with Crippen molar-refractivity contribution in [1.82, 2.24) is 10.2 Å². The molecule has 0 amide bonds. The van der Waals surface area contributed by atoms with E-state index >= 15 is 0 Å². The first-order valence-corrected chi connectivity index (χ1v) is 7.45. The Morgan fingerprint density at radius 2 is 1.89 bits per heavy atom. The van der Waals surface area contributed by atoms with E-state index in [1.165, 1.54) is 0 Å². The first-order chi connectivity index (χ1) is 8.78. The standard InChI is InChI=1S/C15H30N2O2/c1-7-19-14(18)15(6,16-11(2)3)10-17-8-12(4)13(5)9-17/h11-13,16H,7-10H2,1-6H3. The smallest absolute Gasteiger partial charge is 0.327 e. The number of rotatable bonds is 6. The zero-order valence-corrected chi connectivity index (χ0v) is 13.3. The van der Waals surface area contributed by atoms with Crippen LogP contribution in [-0.4, -0.2) is 48.7 Å². The molecule has 0 saturated carbocycles. The van der Waals surface area contributed by atoms with Gasteiger partial charge in [-0.1, -0.05) is 13.8 Å². The van der Waals surface area contributed by atoms with Gasteiger partial charge >= 0.3 is 5.97 Å². The molecule has 0 aromatic heterocycles. The Hall–Kier alpha value is -0.610. The molecule has 112 valence electrons. The summed E-state index contributed by atoms with van der Waals surface area (Å²) in [4.78, 5) is 14.6. The van der Waals surface area contributed by atoms with E-state index in [-0.39, 0.29) is 12.0 Å². The summed E-state index contributed by atoms with van der Waals surface area (Å²) < 4.78 is 5.24. The molecule has 1 fully saturated rings. The van der Waals surface area contributed by atoms with Crippen LogP contribution in [0.15, 0.2) is 0 Å². The van der Waals surface area contributed by atoms with Gasteiger partial charge in [-0.15, -0.1) is 0 Å². The Kier molecular flexibility index (Phi) is 5.81. The second kappa shape index (κ2) is 6.71. The third-order valence-corrected chi connectivity index (χ3v) is 3.94. The number of carbonyl (C=O) groups is 1. The molecule has 1 aliphatic heterocycles. The van der Waals surface area contributed by atoms with Gasteiger partial charge in [-0.05, 0) is 39.5 Å². The molecule has 1 heterocycles. The van der Waals surface area contributed by atoms with Crippen LogP contribution in [0.3, 0.4) is 0 Å². The summed E-state index contributed by atoms with van der Waals surface area (Å²) in [5.74, 6) is 1.26. The maximum absolute atomic E-state index is 12.2. The van der Waals surface area contributed by atoms with Crippen molar-refractivity contribution in [2.45, 2.75) is 53.1 Å². The highest BCUT2D eigenvalue weighted by Crippen LogP contribution is 2.24. The molecule has 1 saturated heterocycles. The van der Waals surface area contributed by atoms with E-state index in [2.05, 4.69) is 37.9 Å². The molecule has 4 nitrogen and oxygen atoms in total. The molecule has 0 spiro atoms. The highest BCUT2D eigenvalue weighted by atomic mass is 16.5. The largest absolute Gasteiger partial charge is 0.465 e. The van der Waals surface area contributed by atoms with Crippen LogP contribution in [0.5, 0.6) is 0 Å².